The minimum Gasteiger partial charge on any atom is -0.464 e. The van der Waals surface area contributed by atoms with Gasteiger partial charge in [-0.05, 0) is 37.5 Å². The van der Waals surface area contributed by atoms with Crippen molar-refractivity contribution in [2.24, 2.45) is 0 Å². The number of aryl methyl sites for hydroxylation is 1. The molecule has 0 saturated heterocycles. The number of nitrogens with one attached hydrogen (secondary N) is 1. The minimum absolute atomic E-state index is 0.209. The second-order valence-corrected chi connectivity index (χ2v) is 7.02. The zero-order valence-electron chi connectivity index (χ0n) is 16.6. The molecule has 1 aromatic heterocycles. The van der Waals surface area contributed by atoms with Gasteiger partial charge in [0.25, 0.3) is 0 Å². The molecule has 7 nitrogen and oxygen atoms in total. The third-order valence-corrected chi connectivity index (χ3v) is 4.90. The van der Waals surface area contributed by atoms with Crippen molar-refractivity contribution < 1.29 is 19.1 Å². The summed E-state index contributed by atoms with van der Waals surface area (Å²) >= 11 is 1.33. The standard InChI is InChI=1S/C20H27N3O4S/c1-4-15-8-6-9-16(12-15)21-20(25)23(10-7-11-27-5-2)13-18-22-17(14-28-18)19(24)26-3/h6,8-9,12,14H,4-5,7,10-11,13H2,1-3H3,(H,21,25). The van der Waals surface area contributed by atoms with Crippen LogP contribution in [0.2, 0.25) is 0 Å². The summed E-state index contributed by atoms with van der Waals surface area (Å²) in [4.78, 5) is 30.4. The van der Waals surface area contributed by atoms with E-state index in [0.29, 0.717) is 37.7 Å². The van der Waals surface area contributed by atoms with Gasteiger partial charge >= 0.3 is 12.0 Å². The number of esters is 1. The van der Waals surface area contributed by atoms with E-state index in [1.54, 1.807) is 10.3 Å². The van der Waals surface area contributed by atoms with Crippen molar-refractivity contribution in [3.8, 4) is 0 Å². The minimum atomic E-state index is -0.480. The molecular formula is C20H27N3O4S. The molecule has 0 radical (unpaired) electrons. The summed E-state index contributed by atoms with van der Waals surface area (Å²) < 4.78 is 10.1. The number of hydrogen-bond donors (Lipinski definition) is 1. The molecule has 1 aromatic carbocycles. The Labute approximate surface area is 169 Å². The second kappa shape index (κ2) is 11.4. The molecule has 1 N–H and O–H groups in total. The van der Waals surface area contributed by atoms with Crippen LogP contribution in [0.1, 0.15) is 41.3 Å². The zero-order chi connectivity index (χ0) is 20.4. The topological polar surface area (TPSA) is 80.8 Å². The Hall–Kier alpha value is -2.45. The summed E-state index contributed by atoms with van der Waals surface area (Å²) in [7, 11) is 1.32. The summed E-state index contributed by atoms with van der Waals surface area (Å²) in [5, 5.41) is 5.27. The SMILES string of the molecule is CCOCCCN(Cc1nc(C(=O)OC)cs1)C(=O)Nc1cccc(CC)c1. The average Bonchev–Trinajstić information content (AvgIpc) is 3.18. The summed E-state index contributed by atoms with van der Waals surface area (Å²) in [6.45, 7) is 6.07. The smallest absolute Gasteiger partial charge is 0.357 e. The molecule has 0 unspecified atom stereocenters. The van der Waals surface area contributed by atoms with Crippen LogP contribution in [0, 0.1) is 0 Å². The van der Waals surface area contributed by atoms with Crippen molar-refractivity contribution in [1.82, 2.24) is 9.88 Å². The quantitative estimate of drug-likeness (QED) is 0.478. The van der Waals surface area contributed by atoms with Crippen molar-refractivity contribution in [1.29, 1.82) is 0 Å². The Morgan fingerprint density at radius 3 is 2.82 bits per heavy atom. The third kappa shape index (κ3) is 6.61. The zero-order valence-corrected chi connectivity index (χ0v) is 17.4. The van der Waals surface area contributed by atoms with Crippen molar-refractivity contribution >= 4 is 29.0 Å². The first-order chi connectivity index (χ1) is 13.6. The van der Waals surface area contributed by atoms with Gasteiger partial charge in [0.1, 0.15) is 5.01 Å². The van der Waals surface area contributed by atoms with Gasteiger partial charge in [-0.3, -0.25) is 0 Å². The molecule has 0 bridgehead atoms. The highest BCUT2D eigenvalue weighted by Gasteiger charge is 2.18. The maximum absolute atomic E-state index is 12.8. The Morgan fingerprint density at radius 1 is 1.29 bits per heavy atom. The summed E-state index contributed by atoms with van der Waals surface area (Å²) in [5.41, 5.74) is 2.17. The molecule has 0 aliphatic carbocycles. The van der Waals surface area contributed by atoms with Crippen molar-refractivity contribution in [2.75, 3.05) is 32.2 Å². The predicted molar refractivity (Wildman–Crippen MR) is 110 cm³/mol. The van der Waals surface area contributed by atoms with Crippen LogP contribution in [-0.4, -0.2) is 48.8 Å². The fraction of sp³-hybridized carbons (Fsp3) is 0.450. The number of amides is 2. The maximum atomic E-state index is 12.8. The highest BCUT2D eigenvalue weighted by atomic mass is 32.1. The van der Waals surface area contributed by atoms with Crippen molar-refractivity contribution in [3.63, 3.8) is 0 Å². The normalized spacial score (nSPS) is 10.5. The summed E-state index contributed by atoms with van der Waals surface area (Å²) in [6.07, 6.45) is 1.61. The number of carbonyl (C=O) groups excluding carboxylic acids is 2. The van der Waals surface area contributed by atoms with Gasteiger partial charge < -0.3 is 19.7 Å². The van der Waals surface area contributed by atoms with Crippen LogP contribution in [0.15, 0.2) is 29.6 Å². The van der Waals surface area contributed by atoms with E-state index in [9.17, 15) is 9.59 Å². The van der Waals surface area contributed by atoms with Gasteiger partial charge in [-0.25, -0.2) is 14.6 Å². The lowest BCUT2D eigenvalue weighted by Crippen LogP contribution is -2.35. The number of nitrogens with zero attached hydrogens (tertiary/aromatic N) is 2. The Kier molecular flexibility index (Phi) is 8.90. The van der Waals surface area contributed by atoms with E-state index in [-0.39, 0.29) is 11.7 Å². The molecule has 2 aromatic rings. The number of anilines is 1. The van der Waals surface area contributed by atoms with Gasteiger partial charge in [0.2, 0.25) is 0 Å². The molecule has 0 saturated carbocycles. The molecule has 0 spiro atoms. The first-order valence-corrected chi connectivity index (χ1v) is 10.2. The molecule has 2 rings (SSSR count). The van der Waals surface area contributed by atoms with E-state index in [4.69, 9.17) is 9.47 Å². The summed E-state index contributed by atoms with van der Waals surface area (Å²) in [5.74, 6) is -0.480. The number of methoxy groups -OCH3 is 1. The molecule has 2 amide bonds. The van der Waals surface area contributed by atoms with E-state index in [2.05, 4.69) is 17.2 Å². The molecule has 0 fully saturated rings. The number of carbonyl (C=O) groups is 2. The lowest BCUT2D eigenvalue weighted by atomic mass is 10.1. The number of rotatable bonds is 10. The van der Waals surface area contributed by atoms with E-state index in [1.807, 2.05) is 31.2 Å². The number of hydrogen-bond acceptors (Lipinski definition) is 6. The number of ether oxygens (including phenoxy) is 2. The number of urea groups is 1. The highest BCUT2D eigenvalue weighted by Crippen LogP contribution is 2.16. The first kappa shape index (κ1) is 21.8. The molecule has 8 heteroatoms. The fourth-order valence-corrected chi connectivity index (χ4v) is 3.35. The van der Waals surface area contributed by atoms with Gasteiger partial charge in [-0.2, -0.15) is 0 Å². The lowest BCUT2D eigenvalue weighted by molar-refractivity contribution is 0.0594. The molecule has 28 heavy (non-hydrogen) atoms. The molecule has 0 aliphatic rings. The van der Waals surface area contributed by atoms with Gasteiger partial charge in [0, 0.05) is 30.8 Å². The van der Waals surface area contributed by atoms with Crippen LogP contribution in [0.4, 0.5) is 10.5 Å². The van der Waals surface area contributed by atoms with Crippen molar-refractivity contribution in [2.45, 2.75) is 33.2 Å². The maximum Gasteiger partial charge on any atom is 0.357 e. The fourth-order valence-electron chi connectivity index (χ4n) is 2.57. The molecule has 0 atom stereocenters. The molecular weight excluding hydrogens is 378 g/mol. The van der Waals surface area contributed by atoms with E-state index in [0.717, 1.165) is 17.7 Å². The van der Waals surface area contributed by atoms with E-state index >= 15 is 0 Å². The van der Waals surface area contributed by atoms with Crippen LogP contribution in [0.3, 0.4) is 0 Å². The number of benzene rings is 1. The average molecular weight is 406 g/mol. The highest BCUT2D eigenvalue weighted by molar-refractivity contribution is 7.09. The second-order valence-electron chi connectivity index (χ2n) is 6.07. The Balaban J connectivity index is 2.07. The van der Waals surface area contributed by atoms with Gasteiger partial charge in [0.05, 0.1) is 13.7 Å². The monoisotopic (exact) mass is 405 g/mol. The van der Waals surface area contributed by atoms with E-state index in [1.165, 1.54) is 18.4 Å². The van der Waals surface area contributed by atoms with Gasteiger partial charge in [-0.1, -0.05) is 19.1 Å². The number of thiazole rings is 1. The van der Waals surface area contributed by atoms with Crippen LogP contribution >= 0.6 is 11.3 Å². The van der Waals surface area contributed by atoms with Gasteiger partial charge in [0.15, 0.2) is 5.69 Å². The van der Waals surface area contributed by atoms with Gasteiger partial charge in [-0.15, -0.1) is 11.3 Å². The first-order valence-electron chi connectivity index (χ1n) is 9.32. The Bertz CT molecular complexity index is 778. The van der Waals surface area contributed by atoms with Crippen LogP contribution in [0.25, 0.3) is 0 Å². The van der Waals surface area contributed by atoms with Crippen LogP contribution < -0.4 is 5.32 Å². The summed E-state index contributed by atoms with van der Waals surface area (Å²) in [6, 6.07) is 7.58. The largest absolute Gasteiger partial charge is 0.464 e. The van der Waals surface area contributed by atoms with Crippen LogP contribution in [0.5, 0.6) is 0 Å². The molecule has 152 valence electrons. The molecule has 1 heterocycles. The number of aromatic nitrogens is 1. The van der Waals surface area contributed by atoms with E-state index < -0.39 is 5.97 Å². The van der Waals surface area contributed by atoms with Crippen molar-refractivity contribution in [3.05, 3.63) is 45.9 Å². The Morgan fingerprint density at radius 2 is 2.11 bits per heavy atom. The van der Waals surface area contributed by atoms with Crippen LogP contribution in [-0.2, 0) is 22.4 Å². The predicted octanol–water partition coefficient (Wildman–Crippen LogP) is 3.95. The lowest BCUT2D eigenvalue weighted by Gasteiger charge is -2.22. The molecule has 0 aliphatic heterocycles. The third-order valence-electron chi connectivity index (χ3n) is 4.07.